The van der Waals surface area contributed by atoms with Crippen LogP contribution >= 0.6 is 11.8 Å². The first-order valence-corrected chi connectivity index (χ1v) is 10.4. The van der Waals surface area contributed by atoms with Gasteiger partial charge >= 0.3 is 6.36 Å². The van der Waals surface area contributed by atoms with Crippen molar-refractivity contribution in [2.75, 3.05) is 23.9 Å². The summed E-state index contributed by atoms with van der Waals surface area (Å²) in [5, 5.41) is 2.63. The van der Waals surface area contributed by atoms with Crippen LogP contribution in [0.3, 0.4) is 0 Å². The number of benzene rings is 2. The van der Waals surface area contributed by atoms with Gasteiger partial charge in [0.25, 0.3) is 0 Å². The number of carbonyl (C=O) groups is 2. The number of aliphatic imine (C=N–C) groups is 1. The molecule has 1 unspecified atom stereocenters. The number of anilines is 2. The van der Waals surface area contributed by atoms with Gasteiger partial charge in [-0.2, -0.15) is 0 Å². The lowest BCUT2D eigenvalue weighted by Crippen LogP contribution is -2.32. The van der Waals surface area contributed by atoms with Crippen LogP contribution in [0.4, 0.5) is 24.5 Å². The number of hydrogen-bond donors (Lipinski definition) is 1. The summed E-state index contributed by atoms with van der Waals surface area (Å²) in [5.41, 5.74) is 0.827. The Morgan fingerprint density at radius 1 is 1.19 bits per heavy atom. The van der Waals surface area contributed by atoms with Crippen molar-refractivity contribution in [3.05, 3.63) is 48.5 Å². The zero-order valence-corrected chi connectivity index (χ0v) is 18.0. The number of thioether (sulfide) groups is 1. The number of rotatable bonds is 6. The van der Waals surface area contributed by atoms with E-state index < -0.39 is 17.5 Å². The molecular weight excluding hydrogens is 447 g/mol. The standard InChI is InChI=1S/C21H20F3N3O4S/c1-3-25-20(26-13-8-10-14(11-9-13)31-21(22,23)24)32-17-12-18(28)27(19(17)29)15-6-4-5-7-16(15)30-2/h4-11,17H,3,12H2,1-2H3,(H,25,26). The predicted molar refractivity (Wildman–Crippen MR) is 116 cm³/mol. The first-order chi connectivity index (χ1) is 15.2. The van der Waals surface area contributed by atoms with Gasteiger partial charge in [-0.1, -0.05) is 23.9 Å². The second-order valence-electron chi connectivity index (χ2n) is 6.53. The number of carbonyl (C=O) groups excluding carboxylic acids is 2. The maximum absolute atomic E-state index is 13.0. The zero-order chi connectivity index (χ0) is 23.3. The monoisotopic (exact) mass is 467 g/mol. The zero-order valence-electron chi connectivity index (χ0n) is 17.2. The summed E-state index contributed by atoms with van der Waals surface area (Å²) >= 11 is 1.08. The maximum Gasteiger partial charge on any atom is 0.573 e. The third kappa shape index (κ3) is 5.72. The average Bonchev–Trinajstić information content (AvgIpc) is 3.01. The summed E-state index contributed by atoms with van der Waals surface area (Å²) in [6.07, 6.45) is -4.80. The average molecular weight is 467 g/mol. The van der Waals surface area contributed by atoms with E-state index in [9.17, 15) is 22.8 Å². The highest BCUT2D eigenvalue weighted by Gasteiger charge is 2.42. The minimum Gasteiger partial charge on any atom is -0.495 e. The molecule has 2 aromatic rings. The molecule has 1 saturated heterocycles. The highest BCUT2D eigenvalue weighted by Crippen LogP contribution is 2.35. The highest BCUT2D eigenvalue weighted by atomic mass is 32.2. The molecule has 1 heterocycles. The summed E-state index contributed by atoms with van der Waals surface area (Å²) in [4.78, 5) is 31.0. The van der Waals surface area contributed by atoms with E-state index in [1.54, 1.807) is 31.2 Å². The molecule has 1 N–H and O–H groups in total. The SMILES string of the molecule is CCN=C(Nc1ccc(OC(F)(F)F)cc1)SC1CC(=O)N(c2ccccc2OC)C1=O. The fourth-order valence-corrected chi connectivity index (χ4v) is 4.09. The second-order valence-corrected chi connectivity index (χ2v) is 7.72. The van der Waals surface area contributed by atoms with Gasteiger partial charge in [-0.05, 0) is 43.3 Å². The Labute approximate surface area is 186 Å². The molecule has 1 aliphatic heterocycles. The van der Waals surface area contributed by atoms with Crippen molar-refractivity contribution in [3.63, 3.8) is 0 Å². The third-order valence-electron chi connectivity index (χ3n) is 4.33. The molecule has 2 amide bonds. The molecule has 0 spiro atoms. The molecule has 32 heavy (non-hydrogen) atoms. The van der Waals surface area contributed by atoms with E-state index in [1.165, 1.54) is 19.2 Å². The van der Waals surface area contributed by atoms with Gasteiger partial charge in [-0.25, -0.2) is 4.90 Å². The molecule has 11 heteroatoms. The van der Waals surface area contributed by atoms with Crippen LogP contribution in [0.15, 0.2) is 53.5 Å². The molecule has 1 aliphatic rings. The van der Waals surface area contributed by atoms with Crippen LogP contribution < -0.4 is 19.7 Å². The quantitative estimate of drug-likeness (QED) is 0.384. The van der Waals surface area contributed by atoms with Gasteiger partial charge in [0, 0.05) is 18.7 Å². The number of nitrogens with zero attached hydrogens (tertiary/aromatic N) is 2. The Morgan fingerprint density at radius 3 is 2.50 bits per heavy atom. The van der Waals surface area contributed by atoms with Crippen molar-refractivity contribution in [1.82, 2.24) is 0 Å². The van der Waals surface area contributed by atoms with Crippen LogP contribution in [0.5, 0.6) is 11.5 Å². The van der Waals surface area contributed by atoms with Crippen molar-refractivity contribution in [1.29, 1.82) is 0 Å². The van der Waals surface area contributed by atoms with Gasteiger partial charge in [0.1, 0.15) is 16.7 Å². The minimum absolute atomic E-state index is 0.0235. The summed E-state index contributed by atoms with van der Waals surface area (Å²) < 4.78 is 46.1. The Morgan fingerprint density at radius 2 is 1.88 bits per heavy atom. The fourth-order valence-electron chi connectivity index (χ4n) is 3.01. The largest absolute Gasteiger partial charge is 0.573 e. The van der Waals surface area contributed by atoms with Crippen molar-refractivity contribution < 1.29 is 32.2 Å². The molecule has 0 bridgehead atoms. The van der Waals surface area contributed by atoms with Gasteiger partial charge in [0.2, 0.25) is 11.8 Å². The number of para-hydroxylation sites is 2. The molecule has 170 valence electrons. The molecule has 0 aliphatic carbocycles. The Hall–Kier alpha value is -3.21. The molecule has 0 saturated carbocycles. The van der Waals surface area contributed by atoms with Crippen LogP contribution in [-0.4, -0.2) is 42.2 Å². The lowest BCUT2D eigenvalue weighted by molar-refractivity contribution is -0.274. The highest BCUT2D eigenvalue weighted by molar-refractivity contribution is 8.15. The summed E-state index contributed by atoms with van der Waals surface area (Å²) in [6.45, 7) is 2.20. The number of halogens is 3. The number of amides is 2. The lowest BCUT2D eigenvalue weighted by atomic mass is 10.2. The van der Waals surface area contributed by atoms with E-state index in [4.69, 9.17) is 4.74 Å². The van der Waals surface area contributed by atoms with Gasteiger partial charge in [-0.3, -0.25) is 14.6 Å². The number of alkyl halides is 3. The minimum atomic E-state index is -4.78. The molecular formula is C21H20F3N3O4S. The molecule has 3 rings (SSSR count). The van der Waals surface area contributed by atoms with Crippen molar-refractivity contribution in [2.45, 2.75) is 25.0 Å². The van der Waals surface area contributed by atoms with Gasteiger partial charge in [0.15, 0.2) is 5.17 Å². The normalized spacial score (nSPS) is 17.0. The molecule has 1 fully saturated rings. The smallest absolute Gasteiger partial charge is 0.495 e. The molecule has 0 radical (unpaired) electrons. The predicted octanol–water partition coefficient (Wildman–Crippen LogP) is 4.45. The van der Waals surface area contributed by atoms with E-state index in [1.807, 2.05) is 0 Å². The van der Waals surface area contributed by atoms with Gasteiger partial charge < -0.3 is 14.8 Å². The number of ether oxygens (including phenoxy) is 2. The molecule has 0 aromatic heterocycles. The number of nitrogens with one attached hydrogen (secondary N) is 1. The van der Waals surface area contributed by atoms with E-state index in [0.29, 0.717) is 28.8 Å². The van der Waals surface area contributed by atoms with Crippen LogP contribution in [0.1, 0.15) is 13.3 Å². The third-order valence-corrected chi connectivity index (χ3v) is 5.43. The van der Waals surface area contributed by atoms with E-state index in [2.05, 4.69) is 15.0 Å². The van der Waals surface area contributed by atoms with Crippen LogP contribution in [0.25, 0.3) is 0 Å². The maximum atomic E-state index is 13.0. The topological polar surface area (TPSA) is 80.2 Å². The van der Waals surface area contributed by atoms with E-state index in [-0.39, 0.29) is 18.1 Å². The number of imide groups is 1. The van der Waals surface area contributed by atoms with Gasteiger partial charge in [0.05, 0.1) is 12.8 Å². The summed E-state index contributed by atoms with van der Waals surface area (Å²) in [7, 11) is 1.46. The second kappa shape index (κ2) is 9.94. The van der Waals surface area contributed by atoms with Crippen LogP contribution in [0, 0.1) is 0 Å². The number of methoxy groups -OCH3 is 1. The van der Waals surface area contributed by atoms with E-state index >= 15 is 0 Å². The molecule has 2 aromatic carbocycles. The summed E-state index contributed by atoms with van der Waals surface area (Å²) in [6, 6.07) is 11.9. The number of amidine groups is 1. The Balaban J connectivity index is 1.72. The summed E-state index contributed by atoms with van der Waals surface area (Å²) in [5.74, 6) is -0.708. The van der Waals surface area contributed by atoms with Crippen LogP contribution in [0.2, 0.25) is 0 Å². The lowest BCUT2D eigenvalue weighted by Gasteiger charge is -2.18. The van der Waals surface area contributed by atoms with Gasteiger partial charge in [-0.15, -0.1) is 13.2 Å². The molecule has 1 atom stereocenters. The van der Waals surface area contributed by atoms with Crippen LogP contribution in [-0.2, 0) is 9.59 Å². The first-order valence-electron chi connectivity index (χ1n) is 9.55. The fraction of sp³-hybridized carbons (Fsp3) is 0.286. The Bertz CT molecular complexity index is 1010. The Kier molecular flexibility index (Phi) is 7.29. The van der Waals surface area contributed by atoms with Crippen molar-refractivity contribution in [3.8, 4) is 11.5 Å². The molecule has 7 nitrogen and oxygen atoms in total. The number of hydrogen-bond acceptors (Lipinski definition) is 6. The van der Waals surface area contributed by atoms with Crippen molar-refractivity contribution in [2.24, 2.45) is 4.99 Å². The van der Waals surface area contributed by atoms with E-state index in [0.717, 1.165) is 28.8 Å². The van der Waals surface area contributed by atoms with Crippen molar-refractivity contribution >= 4 is 40.1 Å². The first kappa shape index (κ1) is 23.5.